The fourth-order valence-electron chi connectivity index (χ4n) is 3.91. The van der Waals surface area contributed by atoms with Gasteiger partial charge in [-0.3, -0.25) is 14.5 Å². The van der Waals surface area contributed by atoms with Gasteiger partial charge in [0.1, 0.15) is 0 Å². The topological polar surface area (TPSA) is 78.0 Å². The molecule has 0 spiro atoms. The molecule has 2 aliphatic rings. The Morgan fingerprint density at radius 2 is 1.68 bits per heavy atom. The van der Waals surface area contributed by atoms with E-state index in [0.29, 0.717) is 44.2 Å². The maximum absolute atomic E-state index is 12.8. The van der Waals surface area contributed by atoms with E-state index < -0.39 is 10.0 Å². The first-order valence-corrected chi connectivity index (χ1v) is 11.3. The lowest BCUT2D eigenvalue weighted by atomic mass is 10.0. The van der Waals surface area contributed by atoms with Gasteiger partial charge in [-0.05, 0) is 44.4 Å². The van der Waals surface area contributed by atoms with Crippen LogP contribution in [0.3, 0.4) is 0 Å². The predicted octanol–water partition coefficient (Wildman–Crippen LogP) is 1.45. The molecule has 1 aromatic rings. The van der Waals surface area contributed by atoms with Gasteiger partial charge < -0.3 is 4.90 Å². The van der Waals surface area contributed by atoms with Crippen LogP contribution in [0.25, 0.3) is 0 Å². The lowest BCUT2D eigenvalue weighted by Gasteiger charge is -2.36. The summed E-state index contributed by atoms with van der Waals surface area (Å²) in [5.74, 6) is 0.606. The number of rotatable bonds is 5. The molecule has 2 saturated heterocycles. The molecule has 2 fully saturated rings. The van der Waals surface area contributed by atoms with Gasteiger partial charge in [0.15, 0.2) is 5.78 Å². The van der Waals surface area contributed by atoms with Crippen molar-refractivity contribution in [1.82, 2.24) is 14.1 Å². The number of hydrogen-bond acceptors (Lipinski definition) is 5. The smallest absolute Gasteiger partial charge is 0.243 e. The SMILES string of the molecule is CC(=O)c1ccc(S(=O)(=O)N2CCN(C(=O)CN3CCC[C@H](C)C3)CC2)cc1. The van der Waals surface area contributed by atoms with Crippen molar-refractivity contribution in [2.24, 2.45) is 5.92 Å². The minimum absolute atomic E-state index is 0.0805. The van der Waals surface area contributed by atoms with Gasteiger partial charge in [-0.15, -0.1) is 0 Å². The Labute approximate surface area is 167 Å². The number of piperazine rings is 1. The number of sulfonamides is 1. The predicted molar refractivity (Wildman–Crippen MR) is 107 cm³/mol. The van der Waals surface area contributed by atoms with E-state index in [4.69, 9.17) is 0 Å². The number of amides is 1. The van der Waals surface area contributed by atoms with Crippen molar-refractivity contribution in [2.45, 2.75) is 31.6 Å². The summed E-state index contributed by atoms with van der Waals surface area (Å²) in [7, 11) is -3.61. The summed E-state index contributed by atoms with van der Waals surface area (Å²) in [6.45, 7) is 7.39. The van der Waals surface area contributed by atoms with Crippen LogP contribution in [-0.2, 0) is 14.8 Å². The van der Waals surface area contributed by atoms with E-state index in [-0.39, 0.29) is 16.6 Å². The Morgan fingerprint density at radius 1 is 1.04 bits per heavy atom. The average molecular weight is 408 g/mol. The van der Waals surface area contributed by atoms with Crippen LogP contribution in [0.4, 0.5) is 0 Å². The number of likely N-dealkylation sites (tertiary alicyclic amines) is 1. The van der Waals surface area contributed by atoms with E-state index in [0.717, 1.165) is 19.5 Å². The van der Waals surface area contributed by atoms with Crippen molar-refractivity contribution in [3.63, 3.8) is 0 Å². The number of nitrogens with zero attached hydrogens (tertiary/aromatic N) is 3. The first-order chi connectivity index (χ1) is 13.3. The highest BCUT2D eigenvalue weighted by atomic mass is 32.2. The molecule has 28 heavy (non-hydrogen) atoms. The average Bonchev–Trinajstić information content (AvgIpc) is 2.68. The van der Waals surface area contributed by atoms with E-state index in [9.17, 15) is 18.0 Å². The van der Waals surface area contributed by atoms with Crippen LogP contribution in [-0.4, -0.2) is 80.0 Å². The monoisotopic (exact) mass is 407 g/mol. The zero-order chi connectivity index (χ0) is 20.3. The van der Waals surface area contributed by atoms with Gasteiger partial charge in [0.25, 0.3) is 0 Å². The maximum Gasteiger partial charge on any atom is 0.243 e. The summed E-state index contributed by atoms with van der Waals surface area (Å²) in [5, 5.41) is 0. The van der Waals surface area contributed by atoms with Crippen LogP contribution in [0.1, 0.15) is 37.0 Å². The van der Waals surface area contributed by atoms with Gasteiger partial charge in [0, 0.05) is 38.3 Å². The molecular formula is C20H29N3O4S. The molecule has 1 aromatic carbocycles. The Morgan fingerprint density at radius 3 is 2.25 bits per heavy atom. The molecule has 1 atom stereocenters. The normalized spacial score (nSPS) is 22.2. The highest BCUT2D eigenvalue weighted by molar-refractivity contribution is 7.89. The quantitative estimate of drug-likeness (QED) is 0.691. The van der Waals surface area contributed by atoms with Crippen molar-refractivity contribution in [3.05, 3.63) is 29.8 Å². The van der Waals surface area contributed by atoms with Gasteiger partial charge in [0.05, 0.1) is 11.4 Å². The van der Waals surface area contributed by atoms with Crippen molar-refractivity contribution in [1.29, 1.82) is 0 Å². The van der Waals surface area contributed by atoms with Crippen LogP contribution in [0, 0.1) is 5.92 Å². The summed E-state index contributed by atoms with van der Waals surface area (Å²) in [4.78, 5) is 28.1. The fraction of sp³-hybridized carbons (Fsp3) is 0.600. The minimum Gasteiger partial charge on any atom is -0.339 e. The Balaban J connectivity index is 1.56. The Hall–Kier alpha value is -1.77. The standard InChI is InChI=1S/C20H29N3O4S/c1-16-4-3-9-21(14-16)15-20(25)22-10-12-23(13-11-22)28(26,27)19-7-5-18(6-8-19)17(2)24/h5-8,16H,3-4,9-15H2,1-2H3/t16-/m0/s1. The second-order valence-corrected chi connectivity index (χ2v) is 9.79. The zero-order valence-electron chi connectivity index (χ0n) is 16.6. The molecule has 0 aromatic heterocycles. The molecule has 2 heterocycles. The van der Waals surface area contributed by atoms with Gasteiger partial charge in [-0.1, -0.05) is 19.1 Å². The third-order valence-electron chi connectivity index (χ3n) is 5.59. The number of carbonyl (C=O) groups is 2. The molecule has 1 amide bonds. The molecule has 154 valence electrons. The van der Waals surface area contributed by atoms with Crippen LogP contribution < -0.4 is 0 Å². The lowest BCUT2D eigenvalue weighted by molar-refractivity contribution is -0.134. The number of ketones is 1. The molecule has 8 heteroatoms. The number of Topliss-reactive ketones (excluding diaryl/α,β-unsaturated/α-hetero) is 1. The summed E-state index contributed by atoms with van der Waals surface area (Å²) >= 11 is 0. The maximum atomic E-state index is 12.8. The second-order valence-electron chi connectivity index (χ2n) is 7.85. The molecule has 0 aliphatic carbocycles. The molecule has 0 N–H and O–H groups in total. The zero-order valence-corrected chi connectivity index (χ0v) is 17.5. The lowest BCUT2D eigenvalue weighted by Crippen LogP contribution is -2.53. The summed E-state index contributed by atoms with van der Waals surface area (Å²) in [6.07, 6.45) is 2.34. The molecule has 3 rings (SSSR count). The highest BCUT2D eigenvalue weighted by Gasteiger charge is 2.31. The first kappa shape index (κ1) is 21.0. The molecule has 0 unspecified atom stereocenters. The molecular weight excluding hydrogens is 378 g/mol. The molecule has 7 nitrogen and oxygen atoms in total. The third kappa shape index (κ3) is 4.79. The molecule has 2 aliphatic heterocycles. The minimum atomic E-state index is -3.61. The van der Waals surface area contributed by atoms with Gasteiger partial charge in [-0.2, -0.15) is 4.31 Å². The number of benzene rings is 1. The third-order valence-corrected chi connectivity index (χ3v) is 7.50. The summed E-state index contributed by atoms with van der Waals surface area (Å²) in [6, 6.07) is 6.02. The first-order valence-electron chi connectivity index (χ1n) is 9.88. The molecule has 0 radical (unpaired) electrons. The van der Waals surface area contributed by atoms with Gasteiger partial charge >= 0.3 is 0 Å². The van der Waals surface area contributed by atoms with Crippen molar-refractivity contribution in [3.8, 4) is 0 Å². The summed E-state index contributed by atoms with van der Waals surface area (Å²) in [5.41, 5.74) is 0.487. The van der Waals surface area contributed by atoms with E-state index in [2.05, 4.69) is 11.8 Å². The van der Waals surface area contributed by atoms with Crippen molar-refractivity contribution >= 4 is 21.7 Å². The van der Waals surface area contributed by atoms with Crippen LogP contribution in [0.5, 0.6) is 0 Å². The summed E-state index contributed by atoms with van der Waals surface area (Å²) < 4.78 is 27.1. The highest BCUT2D eigenvalue weighted by Crippen LogP contribution is 2.19. The number of carbonyl (C=O) groups excluding carboxylic acids is 2. The molecule has 0 bridgehead atoms. The van der Waals surface area contributed by atoms with E-state index in [1.54, 1.807) is 4.90 Å². The van der Waals surface area contributed by atoms with Crippen molar-refractivity contribution < 1.29 is 18.0 Å². The van der Waals surface area contributed by atoms with Gasteiger partial charge in [0.2, 0.25) is 15.9 Å². The van der Waals surface area contributed by atoms with Crippen LogP contribution in [0.2, 0.25) is 0 Å². The second kappa shape index (κ2) is 8.71. The fourth-order valence-corrected chi connectivity index (χ4v) is 5.33. The van der Waals surface area contributed by atoms with Crippen molar-refractivity contribution in [2.75, 3.05) is 45.8 Å². The largest absolute Gasteiger partial charge is 0.339 e. The van der Waals surface area contributed by atoms with E-state index >= 15 is 0 Å². The number of hydrogen-bond donors (Lipinski definition) is 0. The van der Waals surface area contributed by atoms with Crippen LogP contribution in [0.15, 0.2) is 29.2 Å². The van der Waals surface area contributed by atoms with Gasteiger partial charge in [-0.25, -0.2) is 8.42 Å². The number of piperidine rings is 1. The Bertz CT molecular complexity index is 814. The Kier molecular flexibility index (Phi) is 6.52. The van der Waals surface area contributed by atoms with E-state index in [1.807, 2.05) is 0 Å². The molecule has 0 saturated carbocycles. The van der Waals surface area contributed by atoms with E-state index in [1.165, 1.54) is 41.9 Å². The van der Waals surface area contributed by atoms with Crippen LogP contribution >= 0.6 is 0 Å².